The van der Waals surface area contributed by atoms with E-state index >= 15 is 0 Å². The molecule has 2 N–H and O–H groups in total. The number of nitrogens with one attached hydrogen (secondary N) is 2. The summed E-state index contributed by atoms with van der Waals surface area (Å²) in [4.78, 5) is 12.4. The maximum Gasteiger partial charge on any atom is 0.271 e. The zero-order valence-corrected chi connectivity index (χ0v) is 18.6. The molecule has 1 aromatic heterocycles. The zero-order valence-electron chi connectivity index (χ0n) is 17.0. The van der Waals surface area contributed by atoms with Crippen LogP contribution in [-0.2, 0) is 10.0 Å². The maximum absolute atomic E-state index is 12.4. The molecule has 0 spiro atoms. The Morgan fingerprint density at radius 1 is 1.07 bits per heavy atom. The minimum atomic E-state index is -3.61. The van der Waals surface area contributed by atoms with Crippen molar-refractivity contribution < 1.29 is 17.9 Å². The van der Waals surface area contributed by atoms with Gasteiger partial charge in [-0.05, 0) is 79.7 Å². The van der Waals surface area contributed by atoms with Gasteiger partial charge < -0.3 is 10.1 Å². The van der Waals surface area contributed by atoms with Gasteiger partial charge in [0.2, 0.25) is 0 Å². The summed E-state index contributed by atoms with van der Waals surface area (Å²) in [6.45, 7) is 6.27. The van der Waals surface area contributed by atoms with E-state index < -0.39 is 10.0 Å². The summed E-state index contributed by atoms with van der Waals surface area (Å²) in [7, 11) is -3.61. The summed E-state index contributed by atoms with van der Waals surface area (Å²) in [5.74, 6) is 0.514. The first-order chi connectivity index (χ1) is 14.2. The monoisotopic (exact) mass is 444 g/mol. The Balaban J connectivity index is 1.54. The standard InChI is InChI=1S/C22H24N2O4S2/c1-15-6-11-20(13-16(15)2)28-14-17(3)23-22(25)18-7-9-19(10-8-18)24-30(26,27)21-5-4-12-29-21/h4-13,17,24H,14H2,1-3H3,(H,23,25)/t17-/m1/s1. The van der Waals surface area contributed by atoms with Gasteiger partial charge >= 0.3 is 0 Å². The fourth-order valence-electron chi connectivity index (χ4n) is 2.69. The number of anilines is 1. The van der Waals surface area contributed by atoms with Gasteiger partial charge in [-0.1, -0.05) is 12.1 Å². The topological polar surface area (TPSA) is 84.5 Å². The summed E-state index contributed by atoms with van der Waals surface area (Å²) < 4.78 is 33.0. The second-order valence-electron chi connectivity index (χ2n) is 7.05. The van der Waals surface area contributed by atoms with Crippen molar-refractivity contribution >= 4 is 33.0 Å². The van der Waals surface area contributed by atoms with Gasteiger partial charge in [0.25, 0.3) is 15.9 Å². The van der Waals surface area contributed by atoms with Gasteiger partial charge in [-0.3, -0.25) is 9.52 Å². The lowest BCUT2D eigenvalue weighted by atomic mass is 10.1. The van der Waals surface area contributed by atoms with Crippen LogP contribution < -0.4 is 14.8 Å². The number of sulfonamides is 1. The van der Waals surface area contributed by atoms with Crippen molar-refractivity contribution in [2.75, 3.05) is 11.3 Å². The number of carbonyl (C=O) groups is 1. The number of hydrogen-bond acceptors (Lipinski definition) is 5. The van der Waals surface area contributed by atoms with Gasteiger partial charge in [-0.2, -0.15) is 0 Å². The van der Waals surface area contributed by atoms with Crippen molar-refractivity contribution in [1.29, 1.82) is 0 Å². The van der Waals surface area contributed by atoms with Crippen LogP contribution in [0.2, 0.25) is 0 Å². The number of carbonyl (C=O) groups excluding carboxylic acids is 1. The van der Waals surface area contributed by atoms with Crippen LogP contribution in [0, 0.1) is 13.8 Å². The SMILES string of the molecule is Cc1ccc(OC[C@@H](C)NC(=O)c2ccc(NS(=O)(=O)c3cccs3)cc2)cc1C. The molecule has 1 atom stereocenters. The number of ether oxygens (including phenoxy) is 1. The Morgan fingerprint density at radius 3 is 2.43 bits per heavy atom. The number of amides is 1. The molecule has 158 valence electrons. The molecule has 0 fully saturated rings. The molecule has 0 aliphatic rings. The summed E-state index contributed by atoms with van der Waals surface area (Å²) in [5.41, 5.74) is 3.18. The van der Waals surface area contributed by atoms with Crippen molar-refractivity contribution in [3.05, 3.63) is 76.7 Å². The minimum Gasteiger partial charge on any atom is -0.491 e. The fourth-order valence-corrected chi connectivity index (χ4v) is 4.74. The highest BCUT2D eigenvalue weighted by Crippen LogP contribution is 2.20. The lowest BCUT2D eigenvalue weighted by Crippen LogP contribution is -2.36. The fraction of sp³-hybridized carbons (Fsp3) is 0.227. The molecule has 3 aromatic rings. The maximum atomic E-state index is 12.4. The predicted molar refractivity (Wildman–Crippen MR) is 120 cm³/mol. The van der Waals surface area contributed by atoms with E-state index in [1.54, 1.807) is 35.7 Å². The number of benzene rings is 2. The van der Waals surface area contributed by atoms with Gasteiger partial charge in [0, 0.05) is 11.3 Å². The Kier molecular flexibility index (Phi) is 6.79. The van der Waals surface area contributed by atoms with Crippen LogP contribution in [-0.4, -0.2) is 27.0 Å². The van der Waals surface area contributed by atoms with Gasteiger partial charge in [-0.15, -0.1) is 11.3 Å². The van der Waals surface area contributed by atoms with Gasteiger partial charge in [0.05, 0.1) is 6.04 Å². The normalized spacial score (nSPS) is 12.2. The molecule has 1 heterocycles. The molecule has 2 aromatic carbocycles. The van der Waals surface area contributed by atoms with Crippen LogP contribution in [0.3, 0.4) is 0 Å². The smallest absolute Gasteiger partial charge is 0.271 e. The van der Waals surface area contributed by atoms with Gasteiger partial charge in [0.15, 0.2) is 0 Å². The van der Waals surface area contributed by atoms with Crippen LogP contribution in [0.4, 0.5) is 5.69 Å². The Bertz CT molecular complexity index is 1110. The van der Waals surface area contributed by atoms with E-state index in [4.69, 9.17) is 4.74 Å². The lowest BCUT2D eigenvalue weighted by Gasteiger charge is -2.16. The molecule has 1 amide bonds. The molecule has 0 aliphatic heterocycles. The van der Waals surface area contributed by atoms with Crippen LogP contribution in [0.15, 0.2) is 64.2 Å². The molecule has 0 saturated heterocycles. The highest BCUT2D eigenvalue weighted by Gasteiger charge is 2.16. The van der Waals surface area contributed by atoms with Crippen molar-refractivity contribution in [3.8, 4) is 5.75 Å². The second kappa shape index (κ2) is 9.32. The summed E-state index contributed by atoms with van der Waals surface area (Å²) >= 11 is 1.14. The van der Waals surface area contributed by atoms with E-state index in [1.165, 1.54) is 11.6 Å². The molecule has 0 saturated carbocycles. The lowest BCUT2D eigenvalue weighted by molar-refractivity contribution is 0.0926. The quantitative estimate of drug-likeness (QED) is 0.541. The van der Waals surface area contributed by atoms with Crippen LogP contribution in [0.1, 0.15) is 28.4 Å². The van der Waals surface area contributed by atoms with Crippen molar-refractivity contribution in [2.45, 2.75) is 31.0 Å². The van der Waals surface area contributed by atoms with E-state index in [9.17, 15) is 13.2 Å². The van der Waals surface area contributed by atoms with E-state index in [0.717, 1.165) is 22.6 Å². The van der Waals surface area contributed by atoms with E-state index in [1.807, 2.05) is 39.0 Å². The third kappa shape index (κ3) is 5.61. The molecule has 0 bridgehead atoms. The van der Waals surface area contributed by atoms with Gasteiger partial charge in [-0.25, -0.2) is 8.42 Å². The Hall–Kier alpha value is -2.84. The largest absolute Gasteiger partial charge is 0.491 e. The minimum absolute atomic E-state index is 0.198. The van der Waals surface area contributed by atoms with Crippen LogP contribution in [0.25, 0.3) is 0 Å². The summed E-state index contributed by atoms with van der Waals surface area (Å²) in [6.07, 6.45) is 0. The molecule has 0 unspecified atom stereocenters. The van der Waals surface area contributed by atoms with Crippen molar-refractivity contribution in [1.82, 2.24) is 5.32 Å². The molecule has 30 heavy (non-hydrogen) atoms. The Morgan fingerprint density at radius 2 is 1.80 bits per heavy atom. The summed E-state index contributed by atoms with van der Waals surface area (Å²) in [5, 5.41) is 4.58. The first kappa shape index (κ1) is 21.9. The molecule has 0 radical (unpaired) electrons. The van der Waals surface area contributed by atoms with Crippen molar-refractivity contribution in [2.24, 2.45) is 0 Å². The molecule has 6 nitrogen and oxygen atoms in total. The summed E-state index contributed by atoms with van der Waals surface area (Å²) in [6, 6.07) is 15.2. The van der Waals surface area contributed by atoms with Crippen molar-refractivity contribution in [3.63, 3.8) is 0 Å². The molecule has 0 aliphatic carbocycles. The van der Waals surface area contributed by atoms with Crippen LogP contribution in [0.5, 0.6) is 5.75 Å². The number of aryl methyl sites for hydroxylation is 2. The zero-order chi connectivity index (χ0) is 21.7. The van der Waals surface area contributed by atoms with Crippen LogP contribution >= 0.6 is 11.3 Å². The number of hydrogen-bond donors (Lipinski definition) is 2. The average Bonchev–Trinajstić information content (AvgIpc) is 3.25. The second-order valence-corrected chi connectivity index (χ2v) is 9.90. The predicted octanol–water partition coefficient (Wildman–Crippen LogP) is 4.36. The highest BCUT2D eigenvalue weighted by atomic mass is 32.2. The Labute approximate surface area is 181 Å². The average molecular weight is 445 g/mol. The first-order valence-corrected chi connectivity index (χ1v) is 11.8. The molecular weight excluding hydrogens is 420 g/mol. The first-order valence-electron chi connectivity index (χ1n) is 9.42. The molecular formula is C22H24N2O4S2. The third-order valence-electron chi connectivity index (χ3n) is 4.52. The third-order valence-corrected chi connectivity index (χ3v) is 7.29. The number of rotatable bonds is 8. The highest BCUT2D eigenvalue weighted by molar-refractivity contribution is 7.94. The molecule has 3 rings (SSSR count). The molecule has 8 heteroatoms. The number of thiophene rings is 1. The van der Waals surface area contributed by atoms with E-state index in [-0.39, 0.29) is 16.2 Å². The van der Waals surface area contributed by atoms with Gasteiger partial charge in [0.1, 0.15) is 16.6 Å². The van der Waals surface area contributed by atoms with E-state index in [0.29, 0.717) is 17.9 Å². The van der Waals surface area contributed by atoms with E-state index in [2.05, 4.69) is 10.0 Å².